The second kappa shape index (κ2) is 16.4. The molecule has 328 valence electrons. The summed E-state index contributed by atoms with van der Waals surface area (Å²) in [6.45, 7) is 5.77. The summed E-state index contributed by atoms with van der Waals surface area (Å²) in [5, 5.41) is 0. The van der Waals surface area contributed by atoms with Gasteiger partial charge in [-0.3, -0.25) is 19.2 Å². The summed E-state index contributed by atoms with van der Waals surface area (Å²) in [5.41, 5.74) is -6.29. The van der Waals surface area contributed by atoms with E-state index in [1.54, 1.807) is 24.3 Å². The molecule has 0 aromatic heterocycles. The highest BCUT2D eigenvalue weighted by molar-refractivity contribution is 6.29. The SMILES string of the molecule is Cc1cc(C)c(-c2ccc(Oc3ccccc3N3C(=O)C=CC3=O)cc2)c(C(c2cc(C)cc(C)c2-c2ccc(Oc3ccccc3N3C(=O)C=CC3=O)cc2)(C(F)(F)F)C(F)(F)F)c1. The highest BCUT2D eigenvalue weighted by Gasteiger charge is 2.74. The molecule has 0 fully saturated rings. The molecule has 4 amide bonds. The van der Waals surface area contributed by atoms with Crippen molar-refractivity contribution in [3.05, 3.63) is 179 Å². The fourth-order valence-electron chi connectivity index (χ4n) is 8.57. The van der Waals surface area contributed by atoms with E-state index in [0.717, 1.165) is 46.2 Å². The molecule has 6 aromatic carbocycles. The minimum Gasteiger partial charge on any atom is -0.455 e. The first kappa shape index (κ1) is 43.9. The fraction of sp³-hybridized carbons (Fsp3) is 0.137. The number of benzene rings is 6. The number of carbonyl (C=O) groups excluding carboxylic acids is 4. The zero-order valence-corrected chi connectivity index (χ0v) is 35.0. The molecule has 8 rings (SSSR count). The maximum atomic E-state index is 16.3. The van der Waals surface area contributed by atoms with Crippen LogP contribution in [0.4, 0.5) is 37.7 Å². The average Bonchev–Trinajstić information content (AvgIpc) is 3.75. The largest absolute Gasteiger partial charge is 0.455 e. The van der Waals surface area contributed by atoms with Gasteiger partial charge in [0.05, 0.1) is 11.4 Å². The molecule has 0 N–H and O–H groups in total. The van der Waals surface area contributed by atoms with Crippen LogP contribution < -0.4 is 19.3 Å². The van der Waals surface area contributed by atoms with Crippen LogP contribution in [0.1, 0.15) is 33.4 Å². The van der Waals surface area contributed by atoms with Crippen molar-refractivity contribution in [2.75, 3.05) is 9.80 Å². The Morgan fingerprint density at radius 3 is 1.08 bits per heavy atom. The highest BCUT2D eigenvalue weighted by atomic mass is 19.4. The summed E-state index contributed by atoms with van der Waals surface area (Å²) in [6.07, 6.45) is -7.50. The second-order valence-corrected chi connectivity index (χ2v) is 15.6. The Balaban J connectivity index is 1.24. The lowest BCUT2D eigenvalue weighted by atomic mass is 9.66. The number of anilines is 2. The lowest BCUT2D eigenvalue weighted by Gasteiger charge is -2.41. The number of imide groups is 2. The molecule has 0 atom stereocenters. The predicted octanol–water partition coefficient (Wildman–Crippen LogP) is 12.1. The van der Waals surface area contributed by atoms with Gasteiger partial charge in [0, 0.05) is 24.3 Å². The Morgan fingerprint density at radius 1 is 0.431 bits per heavy atom. The number of carbonyl (C=O) groups is 4. The van der Waals surface area contributed by atoms with Crippen molar-refractivity contribution in [1.82, 2.24) is 0 Å². The number of hydrogen-bond acceptors (Lipinski definition) is 6. The molecule has 0 saturated heterocycles. The number of halogens is 6. The van der Waals surface area contributed by atoms with E-state index in [2.05, 4.69) is 0 Å². The molecule has 14 heteroatoms. The van der Waals surface area contributed by atoms with Crippen LogP contribution in [0, 0.1) is 27.7 Å². The van der Waals surface area contributed by atoms with Crippen molar-refractivity contribution in [1.29, 1.82) is 0 Å². The molecule has 2 aliphatic rings. The Bertz CT molecular complexity index is 2750. The molecule has 8 nitrogen and oxygen atoms in total. The number of nitrogens with zero attached hydrogens (tertiary/aromatic N) is 2. The van der Waals surface area contributed by atoms with Crippen molar-refractivity contribution in [2.45, 2.75) is 45.5 Å². The molecule has 2 aliphatic heterocycles. The number of hydrogen-bond donors (Lipinski definition) is 0. The quantitative estimate of drug-likeness (QED) is 0.100. The first-order valence-electron chi connectivity index (χ1n) is 20.0. The van der Waals surface area contributed by atoms with Crippen LogP contribution in [0.2, 0.25) is 0 Å². The first-order chi connectivity index (χ1) is 30.8. The standard InChI is InChI=1S/C51H36F6N2O6/c1-29-25-31(3)47(33-13-17-35(18-14-33)64-41-11-7-5-9-39(41)58-43(60)21-22-44(58)61)37(27-29)49(50(52,53)54,51(55,56)57)38-28-30(2)26-32(4)48(38)34-15-19-36(20-16-34)65-42-12-8-6-10-40(42)59-45(62)23-24-46(59)63/h5-28H,1-4H3. The third kappa shape index (κ3) is 7.74. The average molecular weight is 887 g/mol. The number of aryl methyl sites for hydroxylation is 4. The van der Waals surface area contributed by atoms with Crippen molar-refractivity contribution >= 4 is 35.0 Å². The van der Waals surface area contributed by atoms with E-state index in [-0.39, 0.29) is 78.9 Å². The fourth-order valence-corrected chi connectivity index (χ4v) is 8.57. The maximum absolute atomic E-state index is 16.3. The number of ether oxygens (including phenoxy) is 2. The van der Waals surface area contributed by atoms with Crippen molar-refractivity contribution in [2.24, 2.45) is 0 Å². The molecule has 0 spiro atoms. The summed E-state index contributed by atoms with van der Waals surface area (Å²) >= 11 is 0. The molecule has 0 radical (unpaired) electrons. The van der Waals surface area contributed by atoms with Crippen molar-refractivity contribution in [3.63, 3.8) is 0 Å². The topological polar surface area (TPSA) is 93.2 Å². The summed E-state index contributed by atoms with van der Waals surface area (Å²) in [6, 6.07) is 28.2. The van der Waals surface area contributed by atoms with Gasteiger partial charge in [-0.25, -0.2) is 9.80 Å². The van der Waals surface area contributed by atoms with E-state index >= 15 is 26.3 Å². The summed E-state index contributed by atoms with van der Waals surface area (Å²) in [4.78, 5) is 51.7. The predicted molar refractivity (Wildman–Crippen MR) is 232 cm³/mol. The maximum Gasteiger partial charge on any atom is 0.411 e. The third-order valence-corrected chi connectivity index (χ3v) is 11.2. The zero-order chi connectivity index (χ0) is 46.6. The van der Waals surface area contributed by atoms with Crippen LogP contribution in [-0.2, 0) is 24.6 Å². The molecular weight excluding hydrogens is 851 g/mol. The lowest BCUT2D eigenvalue weighted by molar-refractivity contribution is -0.288. The molecule has 0 aliphatic carbocycles. The van der Waals surface area contributed by atoms with E-state index < -0.39 is 52.5 Å². The highest BCUT2D eigenvalue weighted by Crippen LogP contribution is 2.61. The summed E-state index contributed by atoms with van der Waals surface area (Å²) in [5.74, 6) is -1.91. The van der Waals surface area contributed by atoms with Crippen LogP contribution in [0.25, 0.3) is 22.3 Å². The summed E-state index contributed by atoms with van der Waals surface area (Å²) in [7, 11) is 0. The van der Waals surface area contributed by atoms with Crippen molar-refractivity contribution in [3.8, 4) is 45.3 Å². The Kier molecular flexibility index (Phi) is 11.1. The number of para-hydroxylation sites is 4. The van der Waals surface area contributed by atoms with E-state index in [9.17, 15) is 19.2 Å². The Morgan fingerprint density at radius 2 is 0.754 bits per heavy atom. The molecule has 2 heterocycles. The normalized spacial score (nSPS) is 14.2. The van der Waals surface area contributed by atoms with Gasteiger partial charge in [-0.15, -0.1) is 0 Å². The van der Waals surface area contributed by atoms with Crippen LogP contribution >= 0.6 is 0 Å². The van der Waals surface area contributed by atoms with Gasteiger partial charge in [-0.05, 0) is 121 Å². The van der Waals surface area contributed by atoms with Gasteiger partial charge >= 0.3 is 12.4 Å². The molecule has 0 saturated carbocycles. The molecule has 6 aromatic rings. The van der Waals surface area contributed by atoms with E-state index in [0.29, 0.717) is 0 Å². The second-order valence-electron chi connectivity index (χ2n) is 15.6. The van der Waals surface area contributed by atoms with Crippen molar-refractivity contribution < 1.29 is 55.0 Å². The Labute approximate surface area is 368 Å². The van der Waals surface area contributed by atoms with E-state index in [1.165, 1.54) is 113 Å². The molecule has 0 bridgehead atoms. The van der Waals surface area contributed by atoms with E-state index in [1.807, 2.05) is 0 Å². The van der Waals surface area contributed by atoms with Crippen LogP contribution in [0.15, 0.2) is 146 Å². The lowest BCUT2D eigenvalue weighted by Crippen LogP contribution is -2.55. The molecule has 65 heavy (non-hydrogen) atoms. The van der Waals surface area contributed by atoms with Gasteiger partial charge in [0.15, 0.2) is 11.5 Å². The van der Waals surface area contributed by atoms with Gasteiger partial charge in [0.2, 0.25) is 5.41 Å². The number of rotatable bonds is 10. The molecular formula is C51H36F6N2O6. The van der Waals surface area contributed by atoms with Crippen LogP contribution in [0.3, 0.4) is 0 Å². The minimum atomic E-state index is -5.96. The first-order valence-corrected chi connectivity index (χ1v) is 20.0. The van der Waals surface area contributed by atoms with Gasteiger partial charge in [-0.1, -0.05) is 83.9 Å². The monoisotopic (exact) mass is 886 g/mol. The minimum absolute atomic E-state index is 0.0333. The third-order valence-electron chi connectivity index (χ3n) is 11.2. The number of amides is 4. The number of alkyl halides is 6. The van der Waals surface area contributed by atoms with Crippen LogP contribution in [-0.4, -0.2) is 36.0 Å². The van der Waals surface area contributed by atoms with Gasteiger partial charge < -0.3 is 9.47 Å². The smallest absolute Gasteiger partial charge is 0.411 e. The van der Waals surface area contributed by atoms with E-state index in [4.69, 9.17) is 9.47 Å². The van der Waals surface area contributed by atoms with Gasteiger partial charge in [-0.2, -0.15) is 26.3 Å². The van der Waals surface area contributed by atoms with Gasteiger partial charge in [0.1, 0.15) is 11.5 Å². The zero-order valence-electron chi connectivity index (χ0n) is 35.0. The van der Waals surface area contributed by atoms with Crippen LogP contribution in [0.5, 0.6) is 23.0 Å². The Hall–Kier alpha value is -7.74. The summed E-state index contributed by atoms with van der Waals surface area (Å²) < 4.78 is 110. The van der Waals surface area contributed by atoms with Gasteiger partial charge in [0.25, 0.3) is 23.6 Å². The molecule has 0 unspecified atom stereocenters.